The minimum atomic E-state index is -0.431. The van der Waals surface area contributed by atoms with E-state index >= 15 is 0 Å². The van der Waals surface area contributed by atoms with Crippen molar-refractivity contribution >= 4 is 34.5 Å². The second-order valence-corrected chi connectivity index (χ2v) is 8.14. The van der Waals surface area contributed by atoms with Crippen LogP contribution in [0.3, 0.4) is 0 Å². The molecule has 0 aliphatic carbocycles. The number of nitrogens with one attached hydrogen (secondary N) is 3. The van der Waals surface area contributed by atoms with Gasteiger partial charge in [0.15, 0.2) is 5.65 Å². The fraction of sp³-hybridized carbons (Fsp3) is 0.130. The summed E-state index contributed by atoms with van der Waals surface area (Å²) in [6.45, 7) is 0.528. The predicted molar refractivity (Wildman–Crippen MR) is 124 cm³/mol. The van der Waals surface area contributed by atoms with Gasteiger partial charge >= 0.3 is 0 Å². The number of aromatic nitrogens is 2. The maximum Gasteiger partial charge on any atom is 0.281 e. The average molecular weight is 466 g/mol. The molecule has 8 nitrogen and oxygen atoms in total. The van der Waals surface area contributed by atoms with Crippen LogP contribution < -0.4 is 21.5 Å². The van der Waals surface area contributed by atoms with Crippen LogP contribution in [0.2, 0.25) is 0 Å². The Labute approximate surface area is 192 Å². The second kappa shape index (κ2) is 10.0. The summed E-state index contributed by atoms with van der Waals surface area (Å²) >= 11 is 1.54. The summed E-state index contributed by atoms with van der Waals surface area (Å²) in [4.78, 5) is 42.9. The van der Waals surface area contributed by atoms with Crippen molar-refractivity contribution in [1.29, 1.82) is 0 Å². The first kappa shape index (κ1) is 22.2. The third kappa shape index (κ3) is 5.42. The van der Waals surface area contributed by atoms with Gasteiger partial charge < -0.3 is 16.0 Å². The van der Waals surface area contributed by atoms with Gasteiger partial charge in [-0.3, -0.25) is 18.8 Å². The van der Waals surface area contributed by atoms with Crippen molar-refractivity contribution in [2.75, 3.05) is 11.9 Å². The molecule has 2 amide bonds. The highest BCUT2D eigenvalue weighted by atomic mass is 32.1. The molecule has 3 N–H and O–H groups in total. The van der Waals surface area contributed by atoms with E-state index in [1.165, 1.54) is 28.9 Å². The summed E-state index contributed by atoms with van der Waals surface area (Å²) in [5.41, 5.74) is 0.851. The lowest BCUT2D eigenvalue weighted by Gasteiger charge is -2.10. The monoisotopic (exact) mass is 465 g/mol. The number of rotatable bonds is 8. The van der Waals surface area contributed by atoms with Gasteiger partial charge in [-0.2, -0.15) is 0 Å². The molecule has 0 aliphatic rings. The molecule has 1 aromatic carbocycles. The van der Waals surface area contributed by atoms with E-state index in [1.807, 2.05) is 17.5 Å². The van der Waals surface area contributed by atoms with E-state index in [0.717, 1.165) is 10.4 Å². The number of pyridine rings is 1. The summed E-state index contributed by atoms with van der Waals surface area (Å²) in [7, 11) is 0. The molecule has 4 aromatic rings. The zero-order valence-electron chi connectivity index (χ0n) is 17.4. The Balaban J connectivity index is 1.43. The maximum absolute atomic E-state index is 13.0. The molecule has 168 valence electrons. The Morgan fingerprint density at radius 2 is 1.85 bits per heavy atom. The predicted octanol–water partition coefficient (Wildman–Crippen LogP) is 2.55. The lowest BCUT2D eigenvalue weighted by molar-refractivity contribution is -0.119. The van der Waals surface area contributed by atoms with Gasteiger partial charge in [0, 0.05) is 17.6 Å². The number of halogens is 1. The Morgan fingerprint density at radius 3 is 2.61 bits per heavy atom. The molecule has 0 fully saturated rings. The van der Waals surface area contributed by atoms with Gasteiger partial charge in [0.1, 0.15) is 11.5 Å². The summed E-state index contributed by atoms with van der Waals surface area (Å²) in [5, 5.41) is 10.2. The summed E-state index contributed by atoms with van der Waals surface area (Å²) < 4.78 is 14.3. The number of anilines is 1. The molecular formula is C23H20FN5O3S. The Hall–Kier alpha value is -4.05. The van der Waals surface area contributed by atoms with Gasteiger partial charge in [-0.25, -0.2) is 9.37 Å². The minimum absolute atomic E-state index is 0.0911. The Bertz CT molecular complexity index is 1340. The van der Waals surface area contributed by atoms with Gasteiger partial charge in [-0.05, 0) is 41.3 Å². The molecule has 0 radical (unpaired) electrons. The largest absolute Gasteiger partial charge is 0.370 e. The molecule has 4 rings (SSSR count). The molecule has 0 aliphatic heterocycles. The lowest BCUT2D eigenvalue weighted by atomic mass is 10.2. The third-order valence-corrected chi connectivity index (χ3v) is 5.70. The van der Waals surface area contributed by atoms with Crippen LogP contribution in [0.4, 0.5) is 10.1 Å². The van der Waals surface area contributed by atoms with Gasteiger partial charge in [-0.15, -0.1) is 11.3 Å². The number of hydrogen-bond acceptors (Lipinski definition) is 6. The molecule has 3 heterocycles. The van der Waals surface area contributed by atoms with E-state index in [9.17, 15) is 18.8 Å². The lowest BCUT2D eigenvalue weighted by Crippen LogP contribution is -2.31. The first-order chi connectivity index (χ1) is 16.0. The second-order valence-electron chi connectivity index (χ2n) is 7.11. The fourth-order valence-electron chi connectivity index (χ4n) is 3.12. The van der Waals surface area contributed by atoms with Crippen molar-refractivity contribution in [1.82, 2.24) is 20.0 Å². The van der Waals surface area contributed by atoms with Crippen molar-refractivity contribution < 1.29 is 14.0 Å². The number of fused-ring (bicyclic) bond motifs is 1. The van der Waals surface area contributed by atoms with Crippen LogP contribution in [0.1, 0.15) is 20.8 Å². The smallest absolute Gasteiger partial charge is 0.281 e. The van der Waals surface area contributed by atoms with Crippen molar-refractivity contribution in [3.63, 3.8) is 0 Å². The van der Waals surface area contributed by atoms with E-state index in [1.54, 1.807) is 35.6 Å². The van der Waals surface area contributed by atoms with Gasteiger partial charge in [0.25, 0.3) is 11.5 Å². The zero-order valence-corrected chi connectivity index (χ0v) is 18.2. The van der Waals surface area contributed by atoms with Crippen molar-refractivity contribution in [3.8, 4) is 0 Å². The molecule has 10 heteroatoms. The third-order valence-electron chi connectivity index (χ3n) is 4.82. The molecule has 0 saturated carbocycles. The molecule has 0 saturated heterocycles. The van der Waals surface area contributed by atoms with Crippen LogP contribution in [-0.4, -0.2) is 27.7 Å². The number of nitrogens with zero attached hydrogens (tertiary/aromatic N) is 2. The average Bonchev–Trinajstić information content (AvgIpc) is 3.35. The minimum Gasteiger partial charge on any atom is -0.370 e. The van der Waals surface area contributed by atoms with Crippen LogP contribution >= 0.6 is 11.3 Å². The molecule has 33 heavy (non-hydrogen) atoms. The highest BCUT2D eigenvalue weighted by Gasteiger charge is 2.14. The number of thiophene rings is 1. The fourth-order valence-corrected chi connectivity index (χ4v) is 3.77. The van der Waals surface area contributed by atoms with Crippen LogP contribution in [-0.2, 0) is 17.9 Å². The zero-order chi connectivity index (χ0) is 23.2. The van der Waals surface area contributed by atoms with E-state index in [4.69, 9.17) is 0 Å². The number of carbonyl (C=O) groups is 2. The molecule has 0 bridgehead atoms. The van der Waals surface area contributed by atoms with Crippen molar-refractivity contribution in [2.24, 2.45) is 0 Å². The number of amides is 2. The van der Waals surface area contributed by atoms with E-state index in [2.05, 4.69) is 20.9 Å². The first-order valence-electron chi connectivity index (χ1n) is 10.1. The molecule has 0 spiro atoms. The molecule has 0 unspecified atom stereocenters. The standard InChI is InChI=1S/C23H20FN5O3S/c24-16-7-5-15(6-8-16)11-28-22(31)18-4-1-9-29-21(18)27-13-19(23(29)32)25-14-20(30)26-12-17-3-2-10-33-17/h1-10,13,25H,11-12,14H2,(H,26,30)(H,28,31). The number of hydrogen-bond donors (Lipinski definition) is 3. The highest BCUT2D eigenvalue weighted by molar-refractivity contribution is 7.09. The van der Waals surface area contributed by atoms with Crippen LogP contribution in [0.25, 0.3) is 5.65 Å². The molecular weight excluding hydrogens is 445 g/mol. The highest BCUT2D eigenvalue weighted by Crippen LogP contribution is 2.10. The molecule has 0 atom stereocenters. The summed E-state index contributed by atoms with van der Waals surface area (Å²) in [5.74, 6) is -1.04. The van der Waals surface area contributed by atoms with Crippen LogP contribution in [0.15, 0.2) is 71.1 Å². The van der Waals surface area contributed by atoms with Crippen molar-refractivity contribution in [2.45, 2.75) is 13.1 Å². The van der Waals surface area contributed by atoms with E-state index < -0.39 is 11.5 Å². The SMILES string of the molecule is O=C(CNc1cnc2c(C(=O)NCc3ccc(F)cc3)cccn2c1=O)NCc1cccs1. The van der Waals surface area contributed by atoms with Gasteiger partial charge in [-0.1, -0.05) is 18.2 Å². The number of carbonyl (C=O) groups excluding carboxylic acids is 2. The van der Waals surface area contributed by atoms with Crippen LogP contribution in [0.5, 0.6) is 0 Å². The molecule has 3 aromatic heterocycles. The van der Waals surface area contributed by atoms with Gasteiger partial charge in [0.2, 0.25) is 5.91 Å². The normalized spacial score (nSPS) is 10.7. The van der Waals surface area contributed by atoms with Crippen molar-refractivity contribution in [3.05, 3.63) is 98.5 Å². The van der Waals surface area contributed by atoms with E-state index in [-0.39, 0.29) is 41.7 Å². The van der Waals surface area contributed by atoms with E-state index in [0.29, 0.717) is 6.54 Å². The van der Waals surface area contributed by atoms with Crippen LogP contribution in [0, 0.1) is 5.82 Å². The topological polar surface area (TPSA) is 105 Å². The maximum atomic E-state index is 13.0. The Morgan fingerprint density at radius 1 is 1.03 bits per heavy atom. The summed E-state index contributed by atoms with van der Waals surface area (Å²) in [6, 6.07) is 12.8. The Kier molecular flexibility index (Phi) is 6.75. The summed E-state index contributed by atoms with van der Waals surface area (Å²) in [6.07, 6.45) is 2.81. The first-order valence-corrected chi connectivity index (χ1v) is 11.0. The number of benzene rings is 1. The van der Waals surface area contributed by atoms with Gasteiger partial charge in [0.05, 0.1) is 24.8 Å². The quantitative estimate of drug-likeness (QED) is 0.371.